The number of anilines is 2. The van der Waals surface area contributed by atoms with Crippen LogP contribution in [0.2, 0.25) is 0 Å². The summed E-state index contributed by atoms with van der Waals surface area (Å²) in [5.74, 6) is 1.42. The van der Waals surface area contributed by atoms with Crippen LogP contribution in [0, 0.1) is 6.92 Å². The quantitative estimate of drug-likeness (QED) is 0.316. The van der Waals surface area contributed by atoms with E-state index in [1.54, 1.807) is 0 Å². The molecule has 1 aliphatic rings. The molecular weight excluding hydrogens is 442 g/mol. The van der Waals surface area contributed by atoms with Crippen molar-refractivity contribution in [2.75, 3.05) is 10.6 Å². The summed E-state index contributed by atoms with van der Waals surface area (Å²) in [5.41, 5.74) is 10.2. The molecule has 8 heteroatoms. The van der Waals surface area contributed by atoms with Gasteiger partial charge < -0.3 is 20.9 Å². The highest BCUT2D eigenvalue weighted by Crippen LogP contribution is 2.29. The van der Waals surface area contributed by atoms with Gasteiger partial charge in [-0.2, -0.15) is 9.97 Å². The number of nitrogens with two attached hydrogens (primary N) is 1. The number of benzene rings is 1. The highest BCUT2D eigenvalue weighted by atomic mass is 32.1. The van der Waals surface area contributed by atoms with Crippen LogP contribution in [0.3, 0.4) is 0 Å². The Morgan fingerprint density at radius 3 is 2.50 bits per heavy atom. The minimum Gasteiger partial charge on any atom is -0.364 e. The van der Waals surface area contributed by atoms with Gasteiger partial charge >= 0.3 is 0 Å². The molecule has 178 valence electrons. The topological polar surface area (TPSA) is 93.7 Å². The number of nitrogens with zero attached hydrogens (tertiary/aromatic N) is 4. The Labute approximate surface area is 204 Å². The average Bonchev–Trinajstić information content (AvgIpc) is 3.46. The first-order valence-electron chi connectivity index (χ1n) is 12.1. The second-order valence-corrected chi connectivity index (χ2v) is 10.8. The first-order chi connectivity index (χ1) is 16.5. The van der Waals surface area contributed by atoms with Gasteiger partial charge in [-0.3, -0.25) is 0 Å². The van der Waals surface area contributed by atoms with E-state index in [-0.39, 0.29) is 6.04 Å². The third kappa shape index (κ3) is 4.93. The largest absolute Gasteiger partial charge is 0.364 e. The molecular formula is C26H33N7S. The number of rotatable bonds is 7. The average molecular weight is 476 g/mol. The van der Waals surface area contributed by atoms with E-state index < -0.39 is 0 Å². The maximum Gasteiger partial charge on any atom is 0.227 e. The summed E-state index contributed by atoms with van der Waals surface area (Å²) < 4.78 is 2.10. The van der Waals surface area contributed by atoms with Crippen molar-refractivity contribution in [3.8, 4) is 10.4 Å². The van der Waals surface area contributed by atoms with E-state index in [2.05, 4.69) is 77.4 Å². The van der Waals surface area contributed by atoms with Crippen molar-refractivity contribution in [3.05, 3.63) is 53.2 Å². The zero-order valence-electron chi connectivity index (χ0n) is 20.1. The molecule has 0 spiro atoms. The Bertz CT molecular complexity index is 1250. The van der Waals surface area contributed by atoms with Crippen LogP contribution >= 0.6 is 11.3 Å². The lowest BCUT2D eigenvalue weighted by atomic mass is 9.92. The summed E-state index contributed by atoms with van der Waals surface area (Å²) in [7, 11) is 0. The van der Waals surface area contributed by atoms with Crippen LogP contribution in [0.5, 0.6) is 0 Å². The van der Waals surface area contributed by atoms with Crippen molar-refractivity contribution >= 4 is 34.3 Å². The SMILES string of the molecule is Cc1ccc(-c2ccc(CNc3nc(NC4CCC(N)CC4)nc4c3ncn4C(C)C)cc2)s1. The van der Waals surface area contributed by atoms with Gasteiger partial charge in [0, 0.05) is 34.4 Å². The van der Waals surface area contributed by atoms with Crippen LogP contribution in [0.25, 0.3) is 21.6 Å². The Balaban J connectivity index is 1.37. The fourth-order valence-corrected chi connectivity index (χ4v) is 5.36. The van der Waals surface area contributed by atoms with E-state index >= 15 is 0 Å². The molecule has 7 nitrogen and oxygen atoms in total. The lowest BCUT2D eigenvalue weighted by molar-refractivity contribution is 0.410. The molecule has 1 fully saturated rings. The van der Waals surface area contributed by atoms with Crippen LogP contribution < -0.4 is 16.4 Å². The first kappa shape index (κ1) is 22.8. The van der Waals surface area contributed by atoms with Gasteiger partial charge in [0.15, 0.2) is 17.0 Å². The van der Waals surface area contributed by atoms with Gasteiger partial charge in [-0.05, 0) is 69.7 Å². The maximum absolute atomic E-state index is 6.09. The smallest absolute Gasteiger partial charge is 0.227 e. The zero-order valence-corrected chi connectivity index (χ0v) is 20.9. The predicted octanol–water partition coefficient (Wildman–Crippen LogP) is 5.74. The minimum atomic E-state index is 0.265. The minimum absolute atomic E-state index is 0.265. The summed E-state index contributed by atoms with van der Waals surface area (Å²) in [6, 6.07) is 14.0. The first-order valence-corrected chi connectivity index (χ1v) is 12.9. The van der Waals surface area contributed by atoms with Crippen LogP contribution in [0.15, 0.2) is 42.7 Å². The molecule has 4 aromatic rings. The monoisotopic (exact) mass is 475 g/mol. The molecule has 1 aromatic carbocycles. The van der Waals surface area contributed by atoms with Gasteiger partial charge in [-0.1, -0.05) is 24.3 Å². The Kier molecular flexibility index (Phi) is 6.52. The second kappa shape index (κ2) is 9.72. The van der Waals surface area contributed by atoms with E-state index in [0.717, 1.165) is 42.7 Å². The molecule has 4 N–H and O–H groups in total. The molecule has 0 radical (unpaired) electrons. The van der Waals surface area contributed by atoms with Gasteiger partial charge in [0.05, 0.1) is 6.33 Å². The summed E-state index contributed by atoms with van der Waals surface area (Å²) >= 11 is 1.82. The number of hydrogen-bond acceptors (Lipinski definition) is 7. The standard InChI is InChI=1S/C26H33N7S/c1-16(2)33-15-29-23-24(31-26(32-25(23)33)30-21-11-9-20(27)10-12-21)28-14-18-5-7-19(8-6-18)22-13-4-17(3)34-22/h4-8,13,15-16,20-21H,9-12,14,27H2,1-3H3,(H2,28,30,31,32). The number of aromatic nitrogens is 4. The second-order valence-electron chi connectivity index (χ2n) is 9.53. The molecule has 0 saturated heterocycles. The number of fused-ring (bicyclic) bond motifs is 1. The molecule has 5 rings (SSSR count). The molecule has 34 heavy (non-hydrogen) atoms. The van der Waals surface area contributed by atoms with E-state index in [4.69, 9.17) is 15.7 Å². The molecule has 3 heterocycles. The van der Waals surface area contributed by atoms with Gasteiger partial charge in [0.1, 0.15) is 0 Å². The summed E-state index contributed by atoms with van der Waals surface area (Å²) in [5, 5.41) is 7.08. The fraction of sp³-hybridized carbons (Fsp3) is 0.423. The van der Waals surface area contributed by atoms with Crippen molar-refractivity contribution in [2.45, 2.75) is 71.1 Å². The van der Waals surface area contributed by atoms with Crippen LogP contribution in [-0.2, 0) is 6.54 Å². The lowest BCUT2D eigenvalue weighted by Gasteiger charge is -2.27. The van der Waals surface area contributed by atoms with Crippen molar-refractivity contribution in [1.82, 2.24) is 19.5 Å². The van der Waals surface area contributed by atoms with Gasteiger partial charge in [0.25, 0.3) is 0 Å². The third-order valence-corrected chi connectivity index (χ3v) is 7.57. The molecule has 0 unspecified atom stereocenters. The molecule has 1 aliphatic carbocycles. The van der Waals surface area contributed by atoms with E-state index in [1.165, 1.54) is 20.9 Å². The molecule has 0 amide bonds. The predicted molar refractivity (Wildman–Crippen MR) is 141 cm³/mol. The zero-order chi connectivity index (χ0) is 23.7. The third-order valence-electron chi connectivity index (χ3n) is 6.52. The highest BCUT2D eigenvalue weighted by Gasteiger charge is 2.21. The van der Waals surface area contributed by atoms with Gasteiger partial charge in [0.2, 0.25) is 5.95 Å². The number of nitrogens with one attached hydrogen (secondary N) is 2. The Hall–Kier alpha value is -2.97. The van der Waals surface area contributed by atoms with E-state index in [0.29, 0.717) is 24.6 Å². The number of imidazole rings is 1. The normalized spacial score (nSPS) is 18.5. The Morgan fingerprint density at radius 2 is 1.82 bits per heavy atom. The maximum atomic E-state index is 6.09. The van der Waals surface area contributed by atoms with Crippen LogP contribution in [0.1, 0.15) is 56.0 Å². The fourth-order valence-electron chi connectivity index (χ4n) is 4.49. The summed E-state index contributed by atoms with van der Waals surface area (Å²) in [6.45, 7) is 7.09. The van der Waals surface area contributed by atoms with Crippen molar-refractivity contribution in [1.29, 1.82) is 0 Å². The number of thiophene rings is 1. The number of aryl methyl sites for hydroxylation is 1. The van der Waals surface area contributed by atoms with E-state index in [9.17, 15) is 0 Å². The van der Waals surface area contributed by atoms with Gasteiger partial charge in [-0.15, -0.1) is 11.3 Å². The van der Waals surface area contributed by atoms with Crippen molar-refractivity contribution in [2.24, 2.45) is 5.73 Å². The van der Waals surface area contributed by atoms with Crippen molar-refractivity contribution in [3.63, 3.8) is 0 Å². The lowest BCUT2D eigenvalue weighted by Crippen LogP contribution is -2.33. The van der Waals surface area contributed by atoms with E-state index in [1.807, 2.05) is 17.7 Å². The molecule has 0 aliphatic heterocycles. The summed E-state index contributed by atoms with van der Waals surface area (Å²) in [6.07, 6.45) is 6.03. The molecule has 3 aromatic heterocycles. The Morgan fingerprint density at radius 1 is 1.06 bits per heavy atom. The van der Waals surface area contributed by atoms with Crippen molar-refractivity contribution < 1.29 is 0 Å². The van der Waals surface area contributed by atoms with Crippen LogP contribution in [-0.4, -0.2) is 31.6 Å². The molecule has 0 bridgehead atoms. The summed E-state index contributed by atoms with van der Waals surface area (Å²) in [4.78, 5) is 16.9. The molecule has 0 atom stereocenters. The highest BCUT2D eigenvalue weighted by molar-refractivity contribution is 7.15. The molecule has 1 saturated carbocycles. The van der Waals surface area contributed by atoms with Crippen LogP contribution in [0.4, 0.5) is 11.8 Å². The number of hydrogen-bond donors (Lipinski definition) is 3. The van der Waals surface area contributed by atoms with Gasteiger partial charge in [-0.25, -0.2) is 4.98 Å².